The Morgan fingerprint density at radius 3 is 2.54 bits per heavy atom. The van der Waals surface area contributed by atoms with E-state index < -0.39 is 5.09 Å². The van der Waals surface area contributed by atoms with Crippen molar-refractivity contribution in [2.24, 2.45) is 0 Å². The first-order valence-electron chi connectivity index (χ1n) is 8.70. The summed E-state index contributed by atoms with van der Waals surface area (Å²) in [6, 6.07) is 16.8. The summed E-state index contributed by atoms with van der Waals surface area (Å²) in [7, 11) is 0. The van der Waals surface area contributed by atoms with E-state index in [1.165, 1.54) is 16.0 Å². The fraction of sp³-hybridized carbons (Fsp3) is 0.250. The van der Waals surface area contributed by atoms with Crippen molar-refractivity contribution in [2.45, 2.75) is 36.5 Å². The van der Waals surface area contributed by atoms with Crippen LogP contribution in [0, 0.1) is 17.0 Å². The maximum absolute atomic E-state index is 8.36. The van der Waals surface area contributed by atoms with Gasteiger partial charge in [-0.1, -0.05) is 41.9 Å². The molecule has 8 heteroatoms. The molecule has 0 aliphatic heterocycles. The minimum atomic E-state index is -1.50. The van der Waals surface area contributed by atoms with Crippen LogP contribution in [-0.4, -0.2) is 25.1 Å². The van der Waals surface area contributed by atoms with Gasteiger partial charge in [0.05, 0.1) is 6.33 Å². The second kappa shape index (κ2) is 11.4. The van der Waals surface area contributed by atoms with Crippen LogP contribution in [0.5, 0.6) is 0 Å². The molecule has 0 saturated heterocycles. The van der Waals surface area contributed by atoms with Gasteiger partial charge in [0.2, 0.25) is 0 Å². The summed E-state index contributed by atoms with van der Waals surface area (Å²) in [6.07, 6.45) is 7.93. The molecule has 148 valence electrons. The minimum absolute atomic E-state index is 0.496. The molecule has 3 rings (SSSR count). The zero-order valence-corrected chi connectivity index (χ0v) is 17.0. The lowest BCUT2D eigenvalue weighted by molar-refractivity contribution is -0.742. The second-order valence-corrected chi connectivity index (χ2v) is 7.95. The molecule has 0 aliphatic rings. The number of hydrogen-bond donors (Lipinski definition) is 1. The monoisotopic (exact) mass is 419 g/mol. The number of aromatic nitrogens is 2. The number of halogens is 1. The van der Waals surface area contributed by atoms with Crippen LogP contribution in [0.3, 0.4) is 0 Å². The van der Waals surface area contributed by atoms with Crippen LogP contribution in [0.25, 0.3) is 0 Å². The molecule has 2 aromatic carbocycles. The number of aryl methyl sites for hydroxylation is 2. The maximum Gasteiger partial charge on any atom is 0.291 e. The van der Waals surface area contributed by atoms with Gasteiger partial charge in [-0.25, -0.2) is 4.98 Å². The number of benzene rings is 2. The first kappa shape index (κ1) is 21.8. The van der Waals surface area contributed by atoms with Crippen molar-refractivity contribution in [3.63, 3.8) is 0 Å². The van der Waals surface area contributed by atoms with Crippen LogP contribution in [0.15, 0.2) is 72.1 Å². The molecule has 0 amide bonds. The third-order valence-corrected chi connectivity index (χ3v) is 5.71. The zero-order valence-electron chi connectivity index (χ0n) is 15.4. The molecule has 28 heavy (non-hydrogen) atoms. The third kappa shape index (κ3) is 8.02. The summed E-state index contributed by atoms with van der Waals surface area (Å²) >= 11 is 7.94. The molecule has 0 spiro atoms. The van der Waals surface area contributed by atoms with Crippen molar-refractivity contribution >= 4 is 23.4 Å². The second-order valence-electron chi connectivity index (χ2n) is 6.17. The largest absolute Gasteiger partial charge is 0.336 e. The van der Waals surface area contributed by atoms with Gasteiger partial charge in [0.25, 0.3) is 5.09 Å². The van der Waals surface area contributed by atoms with E-state index in [9.17, 15) is 0 Å². The summed E-state index contributed by atoms with van der Waals surface area (Å²) in [5, 5.41) is 14.9. The van der Waals surface area contributed by atoms with Gasteiger partial charge in [0.1, 0.15) is 0 Å². The Morgan fingerprint density at radius 2 is 1.93 bits per heavy atom. The van der Waals surface area contributed by atoms with E-state index in [1.54, 1.807) is 0 Å². The Balaban J connectivity index is 0.000000640. The molecule has 1 atom stereocenters. The summed E-state index contributed by atoms with van der Waals surface area (Å²) in [4.78, 5) is 13.9. The Labute approximate surface area is 173 Å². The topological polar surface area (TPSA) is 81.2 Å². The molecule has 1 unspecified atom stereocenters. The van der Waals surface area contributed by atoms with E-state index in [4.69, 9.17) is 26.9 Å². The minimum Gasteiger partial charge on any atom is -0.336 e. The van der Waals surface area contributed by atoms with E-state index >= 15 is 0 Å². The molecule has 0 aliphatic carbocycles. The zero-order chi connectivity index (χ0) is 20.4. The lowest BCUT2D eigenvalue weighted by atomic mass is 10.1. The van der Waals surface area contributed by atoms with E-state index in [0.717, 1.165) is 24.4 Å². The SMILES string of the molecule is Cc1ccccc1SC(CCc1ccc(Cl)cc1)Cn1ccnc1.O=[N+]([O-])O. The Morgan fingerprint density at radius 1 is 1.25 bits per heavy atom. The van der Waals surface area contributed by atoms with Crippen molar-refractivity contribution in [3.05, 3.63) is 93.5 Å². The molecule has 1 heterocycles. The lowest BCUT2D eigenvalue weighted by Gasteiger charge is -2.18. The Bertz CT molecular complexity index is 853. The number of nitrogens with zero attached hydrogens (tertiary/aromatic N) is 3. The first-order valence-corrected chi connectivity index (χ1v) is 9.95. The van der Waals surface area contributed by atoms with Gasteiger partial charge in [-0.2, -0.15) is 0 Å². The van der Waals surface area contributed by atoms with Gasteiger partial charge < -0.3 is 9.77 Å². The number of thioether (sulfide) groups is 1. The van der Waals surface area contributed by atoms with E-state index in [0.29, 0.717) is 5.25 Å². The predicted octanol–water partition coefficient (Wildman–Crippen LogP) is 5.29. The fourth-order valence-corrected chi connectivity index (χ4v) is 4.04. The number of hydrogen-bond acceptors (Lipinski definition) is 4. The van der Waals surface area contributed by atoms with Crippen molar-refractivity contribution in [1.29, 1.82) is 0 Å². The molecule has 1 N–H and O–H groups in total. The first-order chi connectivity index (χ1) is 13.4. The smallest absolute Gasteiger partial charge is 0.291 e. The van der Waals surface area contributed by atoms with Crippen LogP contribution in [0.1, 0.15) is 17.5 Å². The molecule has 0 radical (unpaired) electrons. The molecule has 0 bridgehead atoms. The number of imidazole rings is 1. The molecular formula is C20H22ClN3O3S. The maximum atomic E-state index is 8.36. The predicted molar refractivity (Wildman–Crippen MR) is 112 cm³/mol. The van der Waals surface area contributed by atoms with Crippen LogP contribution >= 0.6 is 23.4 Å². The quantitative estimate of drug-likeness (QED) is 0.319. The highest BCUT2D eigenvalue weighted by Crippen LogP contribution is 2.30. The average Bonchev–Trinajstić information content (AvgIpc) is 3.15. The Hall–Kier alpha value is -2.51. The normalized spacial score (nSPS) is 11.4. The molecule has 3 aromatic rings. The van der Waals surface area contributed by atoms with Gasteiger partial charge in [-0.15, -0.1) is 21.9 Å². The standard InChI is InChI=1S/C20H21ClN2S.HNO3/c1-16-4-2-3-5-20(16)24-19(14-23-13-12-22-15-23)11-8-17-6-9-18(21)10-7-17;2-1(3)4/h2-7,9-10,12-13,15,19H,8,11,14H2,1H3;(H,2,3,4). The molecular weight excluding hydrogens is 398 g/mol. The summed E-state index contributed by atoms with van der Waals surface area (Å²) in [6.45, 7) is 3.14. The average molecular weight is 420 g/mol. The highest BCUT2D eigenvalue weighted by atomic mass is 35.5. The number of rotatable bonds is 7. The van der Waals surface area contributed by atoms with Crippen molar-refractivity contribution in [1.82, 2.24) is 9.55 Å². The van der Waals surface area contributed by atoms with Gasteiger partial charge in [0, 0.05) is 34.1 Å². The molecule has 0 fully saturated rings. The van der Waals surface area contributed by atoms with Gasteiger partial charge in [-0.3, -0.25) is 0 Å². The van der Waals surface area contributed by atoms with Crippen LogP contribution < -0.4 is 0 Å². The van der Waals surface area contributed by atoms with Crippen LogP contribution in [0.2, 0.25) is 5.02 Å². The lowest BCUT2D eigenvalue weighted by Crippen LogP contribution is -2.13. The summed E-state index contributed by atoms with van der Waals surface area (Å²) < 4.78 is 2.16. The van der Waals surface area contributed by atoms with Crippen LogP contribution in [0.4, 0.5) is 0 Å². The van der Waals surface area contributed by atoms with Crippen LogP contribution in [-0.2, 0) is 13.0 Å². The van der Waals surface area contributed by atoms with Crippen molar-refractivity contribution in [3.8, 4) is 0 Å². The fourth-order valence-electron chi connectivity index (χ4n) is 2.66. The van der Waals surface area contributed by atoms with Crippen molar-refractivity contribution in [2.75, 3.05) is 0 Å². The van der Waals surface area contributed by atoms with E-state index in [2.05, 4.69) is 52.9 Å². The van der Waals surface area contributed by atoms with E-state index in [-0.39, 0.29) is 0 Å². The molecule has 1 aromatic heterocycles. The van der Waals surface area contributed by atoms with Gasteiger partial charge in [0.15, 0.2) is 0 Å². The summed E-state index contributed by atoms with van der Waals surface area (Å²) in [5.74, 6) is 0. The third-order valence-electron chi connectivity index (χ3n) is 4.03. The Kier molecular flexibility index (Phi) is 8.84. The molecule has 0 saturated carbocycles. The van der Waals surface area contributed by atoms with Gasteiger partial charge >= 0.3 is 0 Å². The highest BCUT2D eigenvalue weighted by Gasteiger charge is 2.13. The molecule has 6 nitrogen and oxygen atoms in total. The highest BCUT2D eigenvalue weighted by molar-refractivity contribution is 8.00. The van der Waals surface area contributed by atoms with Crippen molar-refractivity contribution < 1.29 is 10.3 Å². The summed E-state index contributed by atoms with van der Waals surface area (Å²) in [5.41, 5.74) is 2.67. The van der Waals surface area contributed by atoms with E-state index in [1.807, 2.05) is 42.6 Å². The van der Waals surface area contributed by atoms with Gasteiger partial charge in [-0.05, 0) is 49.1 Å².